The van der Waals surface area contributed by atoms with Gasteiger partial charge in [0.1, 0.15) is 0 Å². The summed E-state index contributed by atoms with van der Waals surface area (Å²) < 4.78 is 0. The molecule has 2 N–H and O–H groups in total. The summed E-state index contributed by atoms with van der Waals surface area (Å²) in [5, 5.41) is 12.3. The number of hydrogen-bond acceptors (Lipinski definition) is 2. The van der Waals surface area contributed by atoms with Crippen molar-refractivity contribution in [2.24, 2.45) is 5.41 Å². The van der Waals surface area contributed by atoms with Crippen LogP contribution in [0.2, 0.25) is 0 Å². The molecule has 0 saturated heterocycles. The van der Waals surface area contributed by atoms with Crippen LogP contribution in [0.15, 0.2) is 11.1 Å². The van der Waals surface area contributed by atoms with Gasteiger partial charge in [-0.15, -0.1) is 0 Å². The van der Waals surface area contributed by atoms with Crippen molar-refractivity contribution in [2.45, 2.75) is 19.8 Å². The molecule has 0 aromatic heterocycles. The molecule has 1 aliphatic carbocycles. The van der Waals surface area contributed by atoms with Crippen LogP contribution < -0.4 is 5.32 Å². The van der Waals surface area contributed by atoms with Gasteiger partial charge in [-0.1, -0.05) is 11.6 Å². The Morgan fingerprint density at radius 2 is 2.33 bits per heavy atom. The predicted octanol–water partition coefficient (Wildman–Crippen LogP) is 1.49. The van der Waals surface area contributed by atoms with Crippen LogP contribution in [0.3, 0.4) is 0 Å². The normalized spacial score (nSPS) is 21.1. The van der Waals surface area contributed by atoms with E-state index in [0.29, 0.717) is 6.61 Å². The Morgan fingerprint density at radius 3 is 2.75 bits per heavy atom. The zero-order valence-electron chi connectivity index (χ0n) is 7.44. The zero-order chi connectivity index (χ0) is 9.03. The zero-order valence-corrected chi connectivity index (χ0v) is 8.19. The van der Waals surface area contributed by atoms with E-state index in [0.717, 1.165) is 31.5 Å². The molecule has 12 heavy (non-hydrogen) atoms. The molecule has 1 saturated carbocycles. The number of hydrogen-bond donors (Lipinski definition) is 2. The SMILES string of the molecule is CC(=CCl)CNCC1(CO)CC1. The maximum atomic E-state index is 9.00. The lowest BCUT2D eigenvalue weighted by atomic mass is 10.1. The molecule has 0 aliphatic heterocycles. The topological polar surface area (TPSA) is 32.3 Å². The van der Waals surface area contributed by atoms with E-state index >= 15 is 0 Å². The summed E-state index contributed by atoms with van der Waals surface area (Å²) in [6, 6.07) is 0. The van der Waals surface area contributed by atoms with Gasteiger partial charge in [-0.3, -0.25) is 0 Å². The van der Waals surface area contributed by atoms with Crippen molar-refractivity contribution in [1.82, 2.24) is 5.32 Å². The van der Waals surface area contributed by atoms with Gasteiger partial charge < -0.3 is 10.4 Å². The molecule has 0 unspecified atom stereocenters. The van der Waals surface area contributed by atoms with E-state index < -0.39 is 0 Å². The van der Waals surface area contributed by atoms with Gasteiger partial charge >= 0.3 is 0 Å². The first-order valence-electron chi connectivity index (χ1n) is 4.30. The Balaban J connectivity index is 2.10. The minimum atomic E-state index is 0.201. The molecular formula is C9H16ClNO. The maximum absolute atomic E-state index is 9.00. The first-order valence-corrected chi connectivity index (χ1v) is 4.73. The van der Waals surface area contributed by atoms with Crippen LogP contribution in [0.1, 0.15) is 19.8 Å². The Hall–Kier alpha value is -0.0500. The smallest absolute Gasteiger partial charge is 0.0499 e. The highest BCUT2D eigenvalue weighted by Gasteiger charge is 2.41. The molecule has 0 radical (unpaired) electrons. The summed E-state index contributed by atoms with van der Waals surface area (Å²) in [5.74, 6) is 0. The van der Waals surface area contributed by atoms with Gasteiger partial charge in [-0.25, -0.2) is 0 Å². The molecule has 0 aromatic carbocycles. The lowest BCUT2D eigenvalue weighted by Gasteiger charge is -2.12. The lowest BCUT2D eigenvalue weighted by Crippen LogP contribution is -2.27. The summed E-state index contributed by atoms with van der Waals surface area (Å²) in [7, 11) is 0. The van der Waals surface area contributed by atoms with Gasteiger partial charge in [0.05, 0.1) is 0 Å². The van der Waals surface area contributed by atoms with Crippen LogP contribution in [0, 0.1) is 5.41 Å². The van der Waals surface area contributed by atoms with Crippen molar-refractivity contribution in [3.8, 4) is 0 Å². The van der Waals surface area contributed by atoms with Gasteiger partial charge in [-0.05, 0) is 25.3 Å². The molecule has 1 fully saturated rings. The Kier molecular flexibility index (Phi) is 3.56. The Labute approximate surface area is 78.6 Å². The molecule has 0 aromatic rings. The standard InChI is InChI=1S/C9H16ClNO/c1-8(4-10)5-11-6-9(7-12)2-3-9/h4,11-12H,2-3,5-7H2,1H3. The van der Waals surface area contributed by atoms with E-state index in [1.54, 1.807) is 5.54 Å². The quantitative estimate of drug-likeness (QED) is 0.687. The first kappa shape index (κ1) is 10.0. The lowest BCUT2D eigenvalue weighted by molar-refractivity contribution is 0.209. The third-order valence-electron chi connectivity index (χ3n) is 2.38. The van der Waals surface area contributed by atoms with E-state index in [9.17, 15) is 0 Å². The van der Waals surface area contributed by atoms with Crippen molar-refractivity contribution in [3.63, 3.8) is 0 Å². The van der Waals surface area contributed by atoms with E-state index in [2.05, 4.69) is 5.32 Å². The van der Waals surface area contributed by atoms with Crippen molar-refractivity contribution in [3.05, 3.63) is 11.1 Å². The van der Waals surface area contributed by atoms with E-state index in [-0.39, 0.29) is 5.41 Å². The van der Waals surface area contributed by atoms with Crippen molar-refractivity contribution in [1.29, 1.82) is 0 Å². The van der Waals surface area contributed by atoms with Gasteiger partial charge in [0.2, 0.25) is 0 Å². The highest BCUT2D eigenvalue weighted by Crippen LogP contribution is 2.44. The average Bonchev–Trinajstić information content (AvgIpc) is 2.85. The van der Waals surface area contributed by atoms with Crippen LogP contribution in [0.25, 0.3) is 0 Å². The van der Waals surface area contributed by atoms with Crippen LogP contribution in [0.5, 0.6) is 0 Å². The molecule has 3 heteroatoms. The van der Waals surface area contributed by atoms with Gasteiger partial charge in [0.15, 0.2) is 0 Å². The number of nitrogens with one attached hydrogen (secondary N) is 1. The third kappa shape index (κ3) is 2.77. The summed E-state index contributed by atoms with van der Waals surface area (Å²) in [6.07, 6.45) is 2.31. The number of rotatable bonds is 5. The van der Waals surface area contributed by atoms with Crippen LogP contribution >= 0.6 is 11.6 Å². The van der Waals surface area contributed by atoms with Crippen LogP contribution in [-0.2, 0) is 0 Å². The highest BCUT2D eigenvalue weighted by molar-refractivity contribution is 6.25. The molecule has 0 spiro atoms. The fraction of sp³-hybridized carbons (Fsp3) is 0.778. The third-order valence-corrected chi connectivity index (χ3v) is 2.76. The predicted molar refractivity (Wildman–Crippen MR) is 51.2 cm³/mol. The number of halogens is 1. The molecule has 2 nitrogen and oxygen atoms in total. The van der Waals surface area contributed by atoms with Gasteiger partial charge in [0, 0.05) is 30.6 Å². The molecule has 0 atom stereocenters. The minimum Gasteiger partial charge on any atom is -0.396 e. The van der Waals surface area contributed by atoms with Gasteiger partial charge in [0.25, 0.3) is 0 Å². The molecule has 1 aliphatic rings. The molecule has 1 rings (SSSR count). The van der Waals surface area contributed by atoms with E-state index in [1.165, 1.54) is 0 Å². The van der Waals surface area contributed by atoms with Crippen molar-refractivity contribution < 1.29 is 5.11 Å². The van der Waals surface area contributed by atoms with Crippen LogP contribution in [0.4, 0.5) is 0 Å². The summed E-state index contributed by atoms with van der Waals surface area (Å²) >= 11 is 5.50. The molecule has 0 heterocycles. The monoisotopic (exact) mass is 189 g/mol. The van der Waals surface area contributed by atoms with Crippen molar-refractivity contribution >= 4 is 11.6 Å². The van der Waals surface area contributed by atoms with Crippen molar-refractivity contribution in [2.75, 3.05) is 19.7 Å². The maximum Gasteiger partial charge on any atom is 0.0499 e. The molecule has 0 bridgehead atoms. The second-order valence-electron chi connectivity index (χ2n) is 3.72. The molecule has 0 amide bonds. The van der Waals surface area contributed by atoms with Crippen LogP contribution in [-0.4, -0.2) is 24.8 Å². The summed E-state index contributed by atoms with van der Waals surface area (Å²) in [4.78, 5) is 0. The summed E-state index contributed by atoms with van der Waals surface area (Å²) in [5.41, 5.74) is 2.92. The fourth-order valence-corrected chi connectivity index (χ4v) is 1.21. The second kappa shape index (κ2) is 4.26. The minimum absolute atomic E-state index is 0.201. The Morgan fingerprint density at radius 1 is 1.67 bits per heavy atom. The van der Waals surface area contributed by atoms with E-state index in [1.807, 2.05) is 6.92 Å². The largest absolute Gasteiger partial charge is 0.396 e. The average molecular weight is 190 g/mol. The summed E-state index contributed by atoms with van der Waals surface area (Å²) in [6.45, 7) is 4.03. The number of aliphatic hydroxyl groups is 1. The highest BCUT2D eigenvalue weighted by atomic mass is 35.5. The first-order chi connectivity index (χ1) is 5.72. The second-order valence-corrected chi connectivity index (χ2v) is 3.94. The fourth-order valence-electron chi connectivity index (χ4n) is 1.13. The van der Waals surface area contributed by atoms with E-state index in [4.69, 9.17) is 16.7 Å². The molecule has 70 valence electrons. The Bertz CT molecular complexity index is 175. The number of aliphatic hydroxyl groups excluding tert-OH is 1. The molecular weight excluding hydrogens is 174 g/mol. The van der Waals surface area contributed by atoms with Gasteiger partial charge in [-0.2, -0.15) is 0 Å².